The van der Waals surface area contributed by atoms with Gasteiger partial charge in [-0.25, -0.2) is 0 Å². The van der Waals surface area contributed by atoms with Crippen molar-refractivity contribution in [2.45, 2.75) is 249 Å². The van der Waals surface area contributed by atoms with E-state index in [1.54, 1.807) is 0 Å². The lowest BCUT2D eigenvalue weighted by molar-refractivity contribution is -0.302. The first-order chi connectivity index (χ1) is 25.8. The van der Waals surface area contributed by atoms with Gasteiger partial charge in [-0.1, -0.05) is 174 Å². The molecule has 0 aliphatic carbocycles. The number of hydrogen-bond acceptors (Lipinski definition) is 8. The zero-order valence-electron chi connectivity index (χ0n) is 34.3. The Morgan fingerprint density at radius 1 is 0.623 bits per heavy atom. The van der Waals surface area contributed by atoms with Crippen molar-refractivity contribution in [3.8, 4) is 0 Å². The molecule has 1 fully saturated rings. The van der Waals surface area contributed by atoms with Crippen molar-refractivity contribution in [2.75, 3.05) is 13.2 Å². The molecule has 6 N–H and O–H groups in total. The summed E-state index contributed by atoms with van der Waals surface area (Å²) in [5.41, 5.74) is 0. The second kappa shape index (κ2) is 35.4. The minimum atomic E-state index is -1.55. The highest BCUT2D eigenvalue weighted by Crippen LogP contribution is 2.23. The predicted molar refractivity (Wildman–Crippen MR) is 217 cm³/mol. The molecule has 1 rings (SSSR count). The van der Waals surface area contributed by atoms with E-state index < -0.39 is 49.5 Å². The molecular formula is C44H85NO8. The molecule has 0 aromatic carbocycles. The molecule has 0 aromatic rings. The van der Waals surface area contributed by atoms with Gasteiger partial charge in [0.05, 0.1) is 25.4 Å². The number of aliphatic hydroxyl groups excluding tert-OH is 5. The standard InChI is InChI=1S/C44H85NO8/c1-3-5-7-9-11-12-13-14-15-16-17-18-19-20-21-22-23-24-25-26-28-30-32-34-40(48)45-37(38(47)33-31-29-27-10-8-6-4-2)36-52-44-43(51)42(50)41(49)39(35-46)53-44/h16-17,37-39,41-44,46-47,49-51H,3-15,18-36H2,1-2H3,(H,45,48)/b17-16-. The fourth-order valence-electron chi connectivity index (χ4n) is 7.21. The quantitative estimate of drug-likeness (QED) is 0.0272. The topological polar surface area (TPSA) is 149 Å². The summed E-state index contributed by atoms with van der Waals surface area (Å²) in [5, 5.41) is 54.0. The van der Waals surface area contributed by atoms with E-state index in [2.05, 4.69) is 31.3 Å². The average Bonchev–Trinajstić information content (AvgIpc) is 3.16. The van der Waals surface area contributed by atoms with E-state index in [1.807, 2.05) is 0 Å². The van der Waals surface area contributed by atoms with Crippen molar-refractivity contribution in [3.63, 3.8) is 0 Å². The summed E-state index contributed by atoms with van der Waals surface area (Å²) in [6, 6.07) is -0.712. The molecular weight excluding hydrogens is 670 g/mol. The van der Waals surface area contributed by atoms with E-state index in [1.165, 1.54) is 141 Å². The van der Waals surface area contributed by atoms with Crippen LogP contribution in [0.4, 0.5) is 0 Å². The first-order valence-electron chi connectivity index (χ1n) is 22.4. The number of nitrogens with one attached hydrogen (secondary N) is 1. The van der Waals surface area contributed by atoms with Crippen molar-refractivity contribution in [1.29, 1.82) is 0 Å². The maximum atomic E-state index is 12.9. The van der Waals surface area contributed by atoms with Gasteiger partial charge in [-0.05, 0) is 38.5 Å². The van der Waals surface area contributed by atoms with Gasteiger partial charge in [-0.15, -0.1) is 0 Å². The number of ether oxygens (including phenoxy) is 2. The smallest absolute Gasteiger partial charge is 0.220 e. The Bertz CT molecular complexity index is 842. The highest BCUT2D eigenvalue weighted by Gasteiger charge is 2.44. The second-order valence-corrected chi connectivity index (χ2v) is 15.8. The van der Waals surface area contributed by atoms with Gasteiger partial charge >= 0.3 is 0 Å². The molecule has 0 radical (unpaired) electrons. The number of rotatable bonds is 37. The molecule has 314 valence electrons. The third-order valence-corrected chi connectivity index (χ3v) is 10.9. The summed E-state index contributed by atoms with van der Waals surface area (Å²) in [5.74, 6) is -0.148. The molecule has 53 heavy (non-hydrogen) atoms. The molecule has 0 saturated carbocycles. The Morgan fingerprint density at radius 2 is 1.06 bits per heavy atom. The third-order valence-electron chi connectivity index (χ3n) is 10.9. The molecule has 0 aromatic heterocycles. The van der Waals surface area contributed by atoms with Crippen LogP contribution in [0.25, 0.3) is 0 Å². The first kappa shape index (κ1) is 49.9. The zero-order valence-corrected chi connectivity index (χ0v) is 34.3. The van der Waals surface area contributed by atoms with Gasteiger partial charge in [0.1, 0.15) is 24.4 Å². The van der Waals surface area contributed by atoms with Crippen LogP contribution in [0, 0.1) is 0 Å². The summed E-state index contributed by atoms with van der Waals surface area (Å²) in [6.07, 6.45) is 32.5. The summed E-state index contributed by atoms with van der Waals surface area (Å²) in [4.78, 5) is 12.9. The fourth-order valence-corrected chi connectivity index (χ4v) is 7.21. The maximum Gasteiger partial charge on any atom is 0.220 e. The Labute approximate surface area is 325 Å². The highest BCUT2D eigenvalue weighted by molar-refractivity contribution is 5.76. The van der Waals surface area contributed by atoms with Crippen LogP contribution in [0.15, 0.2) is 12.2 Å². The molecule has 9 nitrogen and oxygen atoms in total. The number of amides is 1. The normalized spacial score (nSPS) is 21.7. The van der Waals surface area contributed by atoms with Crippen LogP contribution in [-0.2, 0) is 14.3 Å². The van der Waals surface area contributed by atoms with Crippen LogP contribution in [-0.4, -0.2) is 87.5 Å². The van der Waals surface area contributed by atoms with Crippen molar-refractivity contribution in [2.24, 2.45) is 0 Å². The third kappa shape index (κ3) is 26.4. The molecule has 1 heterocycles. The van der Waals surface area contributed by atoms with Crippen LogP contribution < -0.4 is 5.32 Å². The minimum absolute atomic E-state index is 0.136. The lowest BCUT2D eigenvalue weighted by Crippen LogP contribution is -2.60. The summed E-state index contributed by atoms with van der Waals surface area (Å²) in [7, 11) is 0. The number of allylic oxidation sites excluding steroid dienone is 2. The summed E-state index contributed by atoms with van der Waals surface area (Å²) >= 11 is 0. The van der Waals surface area contributed by atoms with Crippen LogP contribution in [0.1, 0.15) is 206 Å². The van der Waals surface area contributed by atoms with E-state index in [4.69, 9.17) is 9.47 Å². The van der Waals surface area contributed by atoms with Gasteiger partial charge in [0.2, 0.25) is 5.91 Å². The molecule has 0 spiro atoms. The number of hydrogen-bond donors (Lipinski definition) is 6. The van der Waals surface area contributed by atoms with Crippen LogP contribution in [0.3, 0.4) is 0 Å². The van der Waals surface area contributed by atoms with Crippen LogP contribution >= 0.6 is 0 Å². The number of carbonyl (C=O) groups excluding carboxylic acids is 1. The fraction of sp³-hybridized carbons (Fsp3) is 0.932. The van der Waals surface area contributed by atoms with Gasteiger partial charge in [-0.3, -0.25) is 4.79 Å². The largest absolute Gasteiger partial charge is 0.394 e. The van der Waals surface area contributed by atoms with Gasteiger partial charge in [0.15, 0.2) is 6.29 Å². The lowest BCUT2D eigenvalue weighted by atomic mass is 9.99. The molecule has 0 bridgehead atoms. The molecule has 1 aliphatic heterocycles. The molecule has 1 saturated heterocycles. The minimum Gasteiger partial charge on any atom is -0.394 e. The SMILES string of the molecule is CCCCCCCCCC/C=C\CCCCCCCCCCCCCC(=O)NC(COC1OC(CO)C(O)C(O)C1O)C(O)CCCCCCCCC. The Balaban J connectivity index is 2.19. The Kier molecular flexibility index (Phi) is 33.3. The van der Waals surface area contributed by atoms with Crippen LogP contribution in [0.5, 0.6) is 0 Å². The Morgan fingerprint density at radius 3 is 1.53 bits per heavy atom. The molecule has 1 amide bonds. The second-order valence-electron chi connectivity index (χ2n) is 15.8. The predicted octanol–water partition coefficient (Wildman–Crippen LogP) is 8.95. The van der Waals surface area contributed by atoms with Gasteiger partial charge in [-0.2, -0.15) is 0 Å². The van der Waals surface area contributed by atoms with Crippen LogP contribution in [0.2, 0.25) is 0 Å². The number of aliphatic hydroxyl groups is 5. The van der Waals surface area contributed by atoms with Crippen molar-refractivity contribution >= 4 is 5.91 Å². The zero-order chi connectivity index (χ0) is 38.8. The van der Waals surface area contributed by atoms with E-state index in [0.717, 1.165) is 38.5 Å². The molecule has 9 heteroatoms. The van der Waals surface area contributed by atoms with E-state index in [0.29, 0.717) is 12.8 Å². The van der Waals surface area contributed by atoms with E-state index in [-0.39, 0.29) is 12.5 Å². The monoisotopic (exact) mass is 756 g/mol. The molecule has 1 aliphatic rings. The van der Waals surface area contributed by atoms with E-state index >= 15 is 0 Å². The number of unbranched alkanes of at least 4 members (excludes halogenated alkanes) is 25. The summed E-state index contributed by atoms with van der Waals surface area (Å²) < 4.78 is 11.2. The molecule has 7 unspecified atom stereocenters. The average molecular weight is 756 g/mol. The van der Waals surface area contributed by atoms with Gasteiger partial charge < -0.3 is 40.3 Å². The summed E-state index contributed by atoms with van der Waals surface area (Å²) in [6.45, 7) is 3.78. The van der Waals surface area contributed by atoms with Crippen molar-refractivity contribution in [3.05, 3.63) is 12.2 Å². The van der Waals surface area contributed by atoms with Crippen molar-refractivity contribution < 1.29 is 39.8 Å². The lowest BCUT2D eigenvalue weighted by Gasteiger charge is -2.40. The number of carbonyl (C=O) groups is 1. The molecule has 7 atom stereocenters. The van der Waals surface area contributed by atoms with Gasteiger partial charge in [0, 0.05) is 6.42 Å². The highest BCUT2D eigenvalue weighted by atomic mass is 16.7. The Hall–Kier alpha value is -1.07. The van der Waals surface area contributed by atoms with Crippen molar-refractivity contribution in [1.82, 2.24) is 5.32 Å². The van der Waals surface area contributed by atoms with E-state index in [9.17, 15) is 30.3 Å². The first-order valence-corrected chi connectivity index (χ1v) is 22.4. The van der Waals surface area contributed by atoms with Gasteiger partial charge in [0.25, 0.3) is 0 Å². The maximum absolute atomic E-state index is 12.9.